The van der Waals surface area contributed by atoms with Crippen molar-refractivity contribution in [2.45, 2.75) is 33.8 Å². The molecule has 2 aromatic rings. The summed E-state index contributed by atoms with van der Waals surface area (Å²) < 4.78 is 10.8. The quantitative estimate of drug-likeness (QED) is 0.662. The Hall–Kier alpha value is -2.91. The normalized spacial score (nSPS) is 14.6. The molecule has 1 aromatic heterocycles. The van der Waals surface area contributed by atoms with Gasteiger partial charge in [-0.25, -0.2) is 4.79 Å². The summed E-state index contributed by atoms with van der Waals surface area (Å²) in [5, 5.41) is 5.86. The second kappa shape index (κ2) is 9.93. The van der Waals surface area contributed by atoms with E-state index in [9.17, 15) is 14.4 Å². The maximum atomic E-state index is 12.7. The van der Waals surface area contributed by atoms with Gasteiger partial charge in [0, 0.05) is 36.3 Å². The predicted octanol–water partition coefficient (Wildman–Crippen LogP) is 3.34. The van der Waals surface area contributed by atoms with Crippen molar-refractivity contribution in [3.05, 3.63) is 40.3 Å². The summed E-state index contributed by atoms with van der Waals surface area (Å²) in [5.41, 5.74) is 2.69. The Morgan fingerprint density at radius 3 is 2.35 bits per heavy atom. The molecule has 0 radical (unpaired) electrons. The zero-order chi connectivity index (χ0) is 22.5. The Kier molecular flexibility index (Phi) is 7.29. The van der Waals surface area contributed by atoms with E-state index in [-0.39, 0.29) is 11.5 Å². The molecule has 31 heavy (non-hydrogen) atoms. The van der Waals surface area contributed by atoms with E-state index >= 15 is 0 Å². The molecule has 2 heterocycles. The van der Waals surface area contributed by atoms with Crippen LogP contribution in [0, 0.1) is 13.8 Å². The van der Waals surface area contributed by atoms with Crippen LogP contribution in [0.15, 0.2) is 24.3 Å². The third kappa shape index (κ3) is 5.62. The lowest BCUT2D eigenvalue weighted by atomic mass is 10.1. The van der Waals surface area contributed by atoms with Gasteiger partial charge in [-0.05, 0) is 50.6 Å². The Morgan fingerprint density at radius 1 is 1.10 bits per heavy atom. The van der Waals surface area contributed by atoms with E-state index in [1.54, 1.807) is 6.92 Å². The SMILES string of the molecule is CC(=O)Nc1sc(C)c(C)c1C(=O)OC(C)C(=O)Nc1ccc(N2CCOCC2)cc1. The third-order valence-corrected chi connectivity index (χ3v) is 6.17. The van der Waals surface area contributed by atoms with E-state index in [0.29, 0.717) is 23.9 Å². The fourth-order valence-electron chi connectivity index (χ4n) is 3.21. The van der Waals surface area contributed by atoms with Crippen molar-refractivity contribution in [2.75, 3.05) is 41.8 Å². The van der Waals surface area contributed by atoms with Crippen molar-refractivity contribution in [1.82, 2.24) is 0 Å². The molecule has 0 aliphatic carbocycles. The van der Waals surface area contributed by atoms with Gasteiger partial charge < -0.3 is 25.0 Å². The Labute approximate surface area is 185 Å². The molecule has 1 aromatic carbocycles. The molecule has 1 unspecified atom stereocenters. The molecule has 0 saturated carbocycles. The molecular formula is C22H27N3O5S. The fraction of sp³-hybridized carbons (Fsp3) is 0.409. The van der Waals surface area contributed by atoms with Crippen LogP contribution in [-0.4, -0.2) is 50.2 Å². The Morgan fingerprint density at radius 2 is 1.74 bits per heavy atom. The number of hydrogen-bond donors (Lipinski definition) is 2. The number of carbonyl (C=O) groups excluding carboxylic acids is 3. The number of rotatable bonds is 6. The first-order valence-corrected chi connectivity index (χ1v) is 10.9. The highest BCUT2D eigenvalue weighted by atomic mass is 32.1. The van der Waals surface area contributed by atoms with Crippen molar-refractivity contribution in [2.24, 2.45) is 0 Å². The minimum atomic E-state index is -1.00. The molecule has 2 N–H and O–H groups in total. The van der Waals surface area contributed by atoms with Gasteiger partial charge in [0.15, 0.2) is 6.10 Å². The second-order valence-electron chi connectivity index (χ2n) is 7.35. The highest BCUT2D eigenvalue weighted by molar-refractivity contribution is 7.16. The largest absolute Gasteiger partial charge is 0.449 e. The average Bonchev–Trinajstić information content (AvgIpc) is 3.01. The molecule has 1 fully saturated rings. The number of amides is 2. The molecule has 0 spiro atoms. The van der Waals surface area contributed by atoms with Crippen molar-refractivity contribution < 1.29 is 23.9 Å². The molecule has 1 saturated heterocycles. The lowest BCUT2D eigenvalue weighted by Gasteiger charge is -2.28. The zero-order valence-electron chi connectivity index (χ0n) is 18.1. The molecule has 1 atom stereocenters. The maximum absolute atomic E-state index is 12.7. The van der Waals surface area contributed by atoms with E-state index in [4.69, 9.17) is 9.47 Å². The number of anilines is 3. The highest BCUT2D eigenvalue weighted by Crippen LogP contribution is 2.33. The number of benzene rings is 1. The number of nitrogens with zero attached hydrogens (tertiary/aromatic N) is 1. The van der Waals surface area contributed by atoms with Crippen LogP contribution < -0.4 is 15.5 Å². The first-order valence-electron chi connectivity index (χ1n) is 10.1. The van der Waals surface area contributed by atoms with E-state index in [1.807, 2.05) is 31.2 Å². The van der Waals surface area contributed by atoms with Crippen LogP contribution in [0.5, 0.6) is 0 Å². The van der Waals surface area contributed by atoms with Crippen molar-refractivity contribution in [3.8, 4) is 0 Å². The minimum absolute atomic E-state index is 0.276. The van der Waals surface area contributed by atoms with Crippen LogP contribution in [0.4, 0.5) is 16.4 Å². The smallest absolute Gasteiger partial charge is 0.342 e. The van der Waals surface area contributed by atoms with E-state index in [1.165, 1.54) is 25.2 Å². The summed E-state index contributed by atoms with van der Waals surface area (Å²) in [6.45, 7) is 9.61. The van der Waals surface area contributed by atoms with Gasteiger partial charge >= 0.3 is 5.97 Å². The zero-order valence-corrected chi connectivity index (χ0v) is 18.9. The van der Waals surface area contributed by atoms with Gasteiger partial charge in [-0.3, -0.25) is 9.59 Å². The van der Waals surface area contributed by atoms with Crippen LogP contribution in [0.3, 0.4) is 0 Å². The molecule has 1 aliphatic rings. The minimum Gasteiger partial charge on any atom is -0.449 e. The average molecular weight is 446 g/mol. The van der Waals surface area contributed by atoms with Crippen molar-refractivity contribution in [3.63, 3.8) is 0 Å². The van der Waals surface area contributed by atoms with E-state index < -0.39 is 18.0 Å². The van der Waals surface area contributed by atoms with Crippen LogP contribution in [0.2, 0.25) is 0 Å². The van der Waals surface area contributed by atoms with Gasteiger partial charge in [0.05, 0.1) is 18.8 Å². The van der Waals surface area contributed by atoms with Crippen LogP contribution in [0.1, 0.15) is 34.6 Å². The molecule has 2 amide bonds. The van der Waals surface area contributed by atoms with E-state index in [0.717, 1.165) is 29.2 Å². The summed E-state index contributed by atoms with van der Waals surface area (Å²) in [4.78, 5) is 39.8. The first-order chi connectivity index (χ1) is 14.8. The van der Waals surface area contributed by atoms with Gasteiger partial charge in [0.1, 0.15) is 5.00 Å². The molecule has 166 valence electrons. The molecule has 1 aliphatic heterocycles. The van der Waals surface area contributed by atoms with Gasteiger partial charge in [0.25, 0.3) is 5.91 Å². The van der Waals surface area contributed by atoms with Gasteiger partial charge in [-0.15, -0.1) is 11.3 Å². The Balaban J connectivity index is 1.62. The van der Waals surface area contributed by atoms with Crippen molar-refractivity contribution in [1.29, 1.82) is 0 Å². The molecule has 8 nitrogen and oxygen atoms in total. The third-order valence-electron chi connectivity index (χ3n) is 5.04. The van der Waals surface area contributed by atoms with Gasteiger partial charge in [0.2, 0.25) is 5.91 Å². The maximum Gasteiger partial charge on any atom is 0.342 e. The number of nitrogens with one attached hydrogen (secondary N) is 2. The first kappa shape index (κ1) is 22.8. The summed E-state index contributed by atoms with van der Waals surface area (Å²) >= 11 is 1.30. The predicted molar refractivity (Wildman–Crippen MR) is 121 cm³/mol. The van der Waals surface area contributed by atoms with Crippen molar-refractivity contribution >= 4 is 45.5 Å². The van der Waals surface area contributed by atoms with Crippen LogP contribution in [0.25, 0.3) is 0 Å². The highest BCUT2D eigenvalue weighted by Gasteiger charge is 2.25. The number of morpholine rings is 1. The topological polar surface area (TPSA) is 97.0 Å². The van der Waals surface area contributed by atoms with E-state index in [2.05, 4.69) is 15.5 Å². The molecule has 0 bridgehead atoms. The number of carbonyl (C=O) groups is 3. The van der Waals surface area contributed by atoms with Crippen LogP contribution in [-0.2, 0) is 19.1 Å². The monoisotopic (exact) mass is 445 g/mol. The fourth-order valence-corrected chi connectivity index (χ4v) is 4.31. The number of esters is 1. The summed E-state index contributed by atoms with van der Waals surface area (Å²) in [5.74, 6) is -1.35. The standard InChI is InChI=1S/C22H27N3O5S/c1-13-15(3)31-21(23-16(4)26)19(13)22(28)30-14(2)20(27)24-17-5-7-18(8-6-17)25-9-11-29-12-10-25/h5-8,14H,9-12H2,1-4H3,(H,23,26)(H,24,27). The molecule has 3 rings (SSSR count). The summed E-state index contributed by atoms with van der Waals surface area (Å²) in [6, 6.07) is 7.51. The molecular weight excluding hydrogens is 418 g/mol. The van der Waals surface area contributed by atoms with Gasteiger partial charge in [-0.2, -0.15) is 0 Å². The summed E-state index contributed by atoms with van der Waals surface area (Å²) in [7, 11) is 0. The lowest BCUT2D eigenvalue weighted by Crippen LogP contribution is -2.36. The number of ether oxygens (including phenoxy) is 2. The second-order valence-corrected chi connectivity index (χ2v) is 8.58. The van der Waals surface area contributed by atoms with Crippen LogP contribution >= 0.6 is 11.3 Å². The number of thiophene rings is 1. The Bertz CT molecular complexity index is 964. The summed E-state index contributed by atoms with van der Waals surface area (Å²) in [6.07, 6.45) is -1.00. The van der Waals surface area contributed by atoms with Gasteiger partial charge in [-0.1, -0.05) is 0 Å². The number of aryl methyl sites for hydroxylation is 1. The lowest BCUT2D eigenvalue weighted by molar-refractivity contribution is -0.123. The molecule has 9 heteroatoms. The number of hydrogen-bond acceptors (Lipinski definition) is 7.